The predicted molar refractivity (Wildman–Crippen MR) is 130 cm³/mol. The fourth-order valence-corrected chi connectivity index (χ4v) is 6.08. The van der Waals surface area contributed by atoms with Gasteiger partial charge in [-0.2, -0.15) is 5.26 Å². The average Bonchev–Trinajstić information content (AvgIpc) is 3.03. The summed E-state index contributed by atoms with van der Waals surface area (Å²) in [6.45, 7) is 1.75. The summed E-state index contributed by atoms with van der Waals surface area (Å²) in [5.41, 5.74) is 0.734. The normalized spacial score (nSPS) is 18.0. The Balaban J connectivity index is 1.78. The summed E-state index contributed by atoms with van der Waals surface area (Å²) in [6, 6.07) is 20.5. The number of amides is 1. The Bertz CT molecular complexity index is 1420. The van der Waals surface area contributed by atoms with Gasteiger partial charge in [-0.25, -0.2) is 12.8 Å². The van der Waals surface area contributed by atoms with E-state index in [0.29, 0.717) is 16.8 Å². The summed E-state index contributed by atoms with van der Waals surface area (Å²) < 4.78 is 40.0. The maximum atomic E-state index is 13.9. The molecule has 1 atom stereocenters. The zero-order chi connectivity index (χ0) is 24.5. The number of benzene rings is 3. The van der Waals surface area contributed by atoms with Crippen LogP contribution in [0, 0.1) is 24.1 Å². The molecule has 1 N–H and O–H groups in total. The number of nitrogens with one attached hydrogen (secondary N) is 1. The van der Waals surface area contributed by atoms with Crippen LogP contribution in [0.5, 0.6) is 0 Å². The molecule has 1 aliphatic heterocycles. The number of carbonyl (C=O) groups excluding carboxylic acids is 1. The van der Waals surface area contributed by atoms with Crippen molar-refractivity contribution in [1.82, 2.24) is 5.32 Å². The van der Waals surface area contributed by atoms with E-state index in [-0.39, 0.29) is 16.4 Å². The quantitative estimate of drug-likeness (QED) is 0.416. The third-order valence-corrected chi connectivity index (χ3v) is 7.86. The number of carbonyl (C=O) groups is 1. The van der Waals surface area contributed by atoms with Gasteiger partial charge in [-0.05, 0) is 72.7 Å². The van der Waals surface area contributed by atoms with Crippen LogP contribution in [0.4, 0.5) is 10.1 Å². The number of halogens is 1. The van der Waals surface area contributed by atoms with Crippen LogP contribution >= 0.6 is 12.2 Å². The topological polar surface area (TPSA) is 90.3 Å². The van der Waals surface area contributed by atoms with Crippen molar-refractivity contribution in [3.05, 3.63) is 95.3 Å². The molecule has 9 heteroatoms. The number of nitrogens with zero attached hydrogens (tertiary/aromatic N) is 2. The van der Waals surface area contributed by atoms with Gasteiger partial charge in [0.25, 0.3) is 5.91 Å². The Morgan fingerprint density at radius 1 is 1.09 bits per heavy atom. The number of hydrogen-bond donors (Lipinski definition) is 1. The molecule has 0 spiro atoms. The first-order valence-electron chi connectivity index (χ1n) is 10.3. The van der Waals surface area contributed by atoms with Crippen molar-refractivity contribution in [2.24, 2.45) is 0 Å². The maximum absolute atomic E-state index is 13.9. The molecule has 172 valence electrons. The van der Waals surface area contributed by atoms with Crippen molar-refractivity contribution in [2.45, 2.75) is 23.8 Å². The highest BCUT2D eigenvalue weighted by molar-refractivity contribution is 7.91. The molecule has 1 amide bonds. The van der Waals surface area contributed by atoms with E-state index in [2.05, 4.69) is 11.4 Å². The van der Waals surface area contributed by atoms with E-state index in [0.717, 1.165) is 17.7 Å². The van der Waals surface area contributed by atoms with Crippen LogP contribution in [0.3, 0.4) is 0 Å². The zero-order valence-electron chi connectivity index (χ0n) is 18.2. The van der Waals surface area contributed by atoms with Crippen molar-refractivity contribution < 1.29 is 17.6 Å². The number of sulfone groups is 1. The molecule has 3 aromatic carbocycles. The lowest BCUT2D eigenvalue weighted by molar-refractivity contribution is -0.121. The predicted octanol–water partition coefficient (Wildman–Crippen LogP) is 3.68. The third-order valence-electron chi connectivity index (χ3n) is 5.71. The van der Waals surface area contributed by atoms with E-state index in [9.17, 15) is 22.9 Å². The van der Waals surface area contributed by atoms with E-state index >= 15 is 0 Å². The summed E-state index contributed by atoms with van der Waals surface area (Å²) in [7, 11) is -4.00. The molecule has 1 heterocycles. The van der Waals surface area contributed by atoms with E-state index < -0.39 is 32.9 Å². The number of thiocarbonyl (C=S) groups is 1. The molecule has 0 saturated carbocycles. The van der Waals surface area contributed by atoms with Gasteiger partial charge in [0, 0.05) is 6.42 Å². The van der Waals surface area contributed by atoms with Crippen LogP contribution in [-0.2, 0) is 21.1 Å². The van der Waals surface area contributed by atoms with E-state index in [1.807, 2.05) is 6.07 Å². The fourth-order valence-electron chi connectivity index (χ4n) is 4.03. The van der Waals surface area contributed by atoms with Gasteiger partial charge in [0.1, 0.15) is 11.4 Å². The first-order chi connectivity index (χ1) is 16.1. The molecule has 1 saturated heterocycles. The Labute approximate surface area is 202 Å². The van der Waals surface area contributed by atoms with Crippen molar-refractivity contribution >= 4 is 38.8 Å². The average molecular weight is 494 g/mol. The smallest absolute Gasteiger partial charge is 0.260 e. The van der Waals surface area contributed by atoms with Gasteiger partial charge in [0.15, 0.2) is 14.9 Å². The van der Waals surface area contributed by atoms with Crippen molar-refractivity contribution in [3.8, 4) is 6.07 Å². The molecule has 0 radical (unpaired) electrons. The maximum Gasteiger partial charge on any atom is 0.260 e. The van der Waals surface area contributed by atoms with E-state index in [1.165, 1.54) is 17.0 Å². The highest BCUT2D eigenvalue weighted by atomic mass is 32.2. The molecule has 0 bridgehead atoms. The Morgan fingerprint density at radius 3 is 2.38 bits per heavy atom. The van der Waals surface area contributed by atoms with E-state index in [4.69, 9.17) is 12.2 Å². The minimum absolute atomic E-state index is 0.0685. The summed E-state index contributed by atoms with van der Waals surface area (Å²) in [5, 5.41) is 12.3. The minimum atomic E-state index is -4.00. The second-order valence-electron chi connectivity index (χ2n) is 8.14. The highest BCUT2D eigenvalue weighted by Gasteiger charge is 2.52. The van der Waals surface area contributed by atoms with Crippen LogP contribution in [0.2, 0.25) is 0 Å². The summed E-state index contributed by atoms with van der Waals surface area (Å²) >= 11 is 5.48. The number of nitriles is 1. The molecular weight excluding hydrogens is 473 g/mol. The van der Waals surface area contributed by atoms with Gasteiger partial charge in [-0.3, -0.25) is 9.69 Å². The second kappa shape index (κ2) is 8.97. The molecule has 1 unspecified atom stereocenters. The Kier molecular flexibility index (Phi) is 6.21. The molecular formula is C25H20FN3O3S2. The SMILES string of the molecule is Cc1cc(N2C(=O)C(Cc3ccccc3)(CS(=O)(=O)c3ccc(F)cc3)NC2=S)ccc1C#N. The second-order valence-corrected chi connectivity index (χ2v) is 10.5. The summed E-state index contributed by atoms with van der Waals surface area (Å²) in [5.74, 6) is -1.65. The van der Waals surface area contributed by atoms with Gasteiger partial charge in [0.2, 0.25) is 0 Å². The fraction of sp³-hybridized carbons (Fsp3) is 0.160. The van der Waals surface area contributed by atoms with Crippen LogP contribution < -0.4 is 10.2 Å². The van der Waals surface area contributed by atoms with Crippen LogP contribution in [-0.4, -0.2) is 30.7 Å². The Hall–Kier alpha value is -3.61. The van der Waals surface area contributed by atoms with Crippen molar-refractivity contribution in [1.29, 1.82) is 5.26 Å². The van der Waals surface area contributed by atoms with Crippen LogP contribution in [0.15, 0.2) is 77.7 Å². The van der Waals surface area contributed by atoms with Crippen LogP contribution in [0.25, 0.3) is 0 Å². The summed E-state index contributed by atoms with van der Waals surface area (Å²) in [6.07, 6.45) is 0.0685. The molecule has 1 fully saturated rings. The van der Waals surface area contributed by atoms with Crippen molar-refractivity contribution in [3.63, 3.8) is 0 Å². The molecule has 3 aromatic rings. The van der Waals surface area contributed by atoms with Gasteiger partial charge in [-0.1, -0.05) is 30.3 Å². The molecule has 6 nitrogen and oxygen atoms in total. The first-order valence-corrected chi connectivity index (χ1v) is 12.4. The first kappa shape index (κ1) is 23.5. The third kappa shape index (κ3) is 4.42. The van der Waals surface area contributed by atoms with Crippen LogP contribution in [0.1, 0.15) is 16.7 Å². The Morgan fingerprint density at radius 2 is 1.76 bits per heavy atom. The number of aryl methyl sites for hydroxylation is 1. The minimum Gasteiger partial charge on any atom is -0.346 e. The molecule has 34 heavy (non-hydrogen) atoms. The lowest BCUT2D eigenvalue weighted by Crippen LogP contribution is -2.54. The van der Waals surface area contributed by atoms with Gasteiger partial charge < -0.3 is 5.32 Å². The van der Waals surface area contributed by atoms with Gasteiger partial charge in [-0.15, -0.1) is 0 Å². The standard InChI is InChI=1S/C25H20FN3O3S2/c1-17-13-21(10-7-19(17)15-27)29-23(30)25(28-24(29)33,14-18-5-3-2-4-6-18)16-34(31,32)22-11-8-20(26)9-12-22/h2-13H,14,16H2,1H3,(H,28,33). The molecule has 4 rings (SSSR count). The van der Waals surface area contributed by atoms with Crippen molar-refractivity contribution in [2.75, 3.05) is 10.7 Å². The molecule has 0 aromatic heterocycles. The number of rotatable bonds is 6. The lowest BCUT2D eigenvalue weighted by Gasteiger charge is -2.27. The highest BCUT2D eigenvalue weighted by Crippen LogP contribution is 2.32. The summed E-state index contributed by atoms with van der Waals surface area (Å²) in [4.78, 5) is 15.0. The largest absolute Gasteiger partial charge is 0.346 e. The molecule has 1 aliphatic rings. The van der Waals surface area contributed by atoms with Gasteiger partial charge in [0.05, 0.1) is 28.0 Å². The number of anilines is 1. The monoisotopic (exact) mass is 493 g/mol. The van der Waals surface area contributed by atoms with Gasteiger partial charge >= 0.3 is 0 Å². The van der Waals surface area contributed by atoms with E-state index in [1.54, 1.807) is 49.4 Å². The molecule has 0 aliphatic carbocycles. The zero-order valence-corrected chi connectivity index (χ0v) is 19.8. The lowest BCUT2D eigenvalue weighted by atomic mass is 9.92. The number of hydrogen-bond acceptors (Lipinski definition) is 5.